The summed E-state index contributed by atoms with van der Waals surface area (Å²) in [5.41, 5.74) is 2.35. The Morgan fingerprint density at radius 1 is 1.15 bits per heavy atom. The normalized spacial score (nSPS) is 18.3. The molecule has 138 valence electrons. The van der Waals surface area contributed by atoms with Crippen molar-refractivity contribution in [3.8, 4) is 0 Å². The van der Waals surface area contributed by atoms with Gasteiger partial charge in [0.05, 0.1) is 9.24 Å². The predicted octanol–water partition coefficient (Wildman–Crippen LogP) is 4.02. The summed E-state index contributed by atoms with van der Waals surface area (Å²) in [6.07, 6.45) is 2.42. The average Bonchev–Trinajstić information content (AvgIpc) is 3.19. The van der Waals surface area contributed by atoms with Crippen LogP contribution in [0.1, 0.15) is 16.0 Å². The number of hydrogen-bond donors (Lipinski definition) is 0. The van der Waals surface area contributed by atoms with Crippen LogP contribution in [0.5, 0.6) is 0 Å². The summed E-state index contributed by atoms with van der Waals surface area (Å²) in [5.74, 6) is -0.646. The summed E-state index contributed by atoms with van der Waals surface area (Å²) in [6.45, 7) is 0.875. The summed E-state index contributed by atoms with van der Waals surface area (Å²) in [7, 11) is 0. The molecule has 3 amide bonds. The second-order valence-electron chi connectivity index (χ2n) is 6.24. The molecule has 2 aliphatic heterocycles. The van der Waals surface area contributed by atoms with Crippen LogP contribution in [0, 0.1) is 0 Å². The van der Waals surface area contributed by atoms with Gasteiger partial charge in [-0.2, -0.15) is 0 Å². The van der Waals surface area contributed by atoms with E-state index in [9.17, 15) is 14.4 Å². The molecule has 2 aliphatic rings. The molecule has 8 heteroatoms. The third-order valence-corrected chi connectivity index (χ3v) is 6.60. The highest BCUT2D eigenvalue weighted by Crippen LogP contribution is 2.34. The van der Waals surface area contributed by atoms with Crippen LogP contribution in [0.3, 0.4) is 0 Å². The fourth-order valence-electron chi connectivity index (χ4n) is 3.12. The van der Waals surface area contributed by atoms with Crippen LogP contribution in [0.2, 0.25) is 4.34 Å². The van der Waals surface area contributed by atoms with E-state index in [0.717, 1.165) is 33.5 Å². The lowest BCUT2D eigenvalue weighted by Gasteiger charge is -2.29. The van der Waals surface area contributed by atoms with Gasteiger partial charge in [-0.25, -0.2) is 0 Å². The van der Waals surface area contributed by atoms with Crippen molar-refractivity contribution in [2.75, 3.05) is 13.1 Å². The molecule has 0 unspecified atom stereocenters. The molecule has 1 fully saturated rings. The molecule has 1 aromatic carbocycles. The number of halogens is 1. The molecule has 1 saturated heterocycles. The van der Waals surface area contributed by atoms with E-state index >= 15 is 0 Å². The minimum absolute atomic E-state index is 0.216. The van der Waals surface area contributed by atoms with Gasteiger partial charge in [0, 0.05) is 18.0 Å². The molecule has 0 aliphatic carbocycles. The number of carbonyl (C=O) groups is 3. The molecule has 0 spiro atoms. The molecule has 4 rings (SSSR count). The summed E-state index contributed by atoms with van der Waals surface area (Å²) >= 11 is 8.08. The maximum atomic E-state index is 12.7. The molecular weight excluding hydrogens is 404 g/mol. The maximum absolute atomic E-state index is 12.7. The molecule has 0 radical (unpaired) electrons. The molecule has 0 saturated carbocycles. The van der Waals surface area contributed by atoms with Crippen LogP contribution >= 0.6 is 34.7 Å². The van der Waals surface area contributed by atoms with Crippen molar-refractivity contribution in [1.82, 2.24) is 9.80 Å². The number of imide groups is 1. The molecule has 3 heterocycles. The number of rotatable bonds is 3. The van der Waals surface area contributed by atoms with E-state index in [4.69, 9.17) is 11.6 Å². The van der Waals surface area contributed by atoms with Gasteiger partial charge in [0.15, 0.2) is 0 Å². The Balaban J connectivity index is 1.45. The lowest BCUT2D eigenvalue weighted by Crippen LogP contribution is -2.44. The van der Waals surface area contributed by atoms with E-state index in [1.807, 2.05) is 18.2 Å². The van der Waals surface area contributed by atoms with E-state index in [1.165, 1.54) is 16.9 Å². The largest absolute Gasteiger partial charge is 0.336 e. The van der Waals surface area contributed by atoms with Gasteiger partial charge in [0.1, 0.15) is 6.54 Å². The number of benzene rings is 1. The van der Waals surface area contributed by atoms with E-state index in [2.05, 4.69) is 6.07 Å². The van der Waals surface area contributed by atoms with Crippen molar-refractivity contribution in [2.24, 2.45) is 0 Å². The van der Waals surface area contributed by atoms with Crippen LogP contribution in [0.25, 0.3) is 6.08 Å². The van der Waals surface area contributed by atoms with Gasteiger partial charge in [0.2, 0.25) is 5.91 Å². The van der Waals surface area contributed by atoms with Crippen LogP contribution < -0.4 is 0 Å². The highest BCUT2D eigenvalue weighted by molar-refractivity contribution is 8.18. The summed E-state index contributed by atoms with van der Waals surface area (Å²) < 4.78 is 0.612. The van der Waals surface area contributed by atoms with E-state index in [-0.39, 0.29) is 12.5 Å². The fourth-order valence-corrected chi connectivity index (χ4v) is 5.02. The second-order valence-corrected chi connectivity index (χ2v) is 8.98. The van der Waals surface area contributed by atoms with Crippen molar-refractivity contribution >= 4 is 57.8 Å². The molecule has 2 aromatic rings. The molecule has 0 atom stereocenters. The van der Waals surface area contributed by atoms with Crippen molar-refractivity contribution < 1.29 is 14.4 Å². The molecule has 1 aromatic heterocycles. The van der Waals surface area contributed by atoms with Crippen molar-refractivity contribution in [1.29, 1.82) is 0 Å². The minimum Gasteiger partial charge on any atom is -0.336 e. The van der Waals surface area contributed by atoms with Gasteiger partial charge in [-0.05, 0) is 47.5 Å². The number of amides is 3. The van der Waals surface area contributed by atoms with E-state index in [0.29, 0.717) is 22.3 Å². The number of fused-ring (bicyclic) bond motifs is 1. The lowest BCUT2D eigenvalue weighted by molar-refractivity contribution is -0.136. The summed E-state index contributed by atoms with van der Waals surface area (Å²) in [5, 5.41) is -0.417. The first kappa shape index (κ1) is 18.3. The first-order valence-electron chi connectivity index (χ1n) is 8.36. The Kier molecular flexibility index (Phi) is 5.08. The standard InChI is InChI=1S/C19H15ClN2O3S2/c20-16-6-5-14(26-16)9-15-18(24)22(19(25)27-15)11-17(23)21-8-7-12-3-1-2-4-13(12)10-21/h1-6,9H,7-8,10-11H2/b15-9-. The zero-order valence-electron chi connectivity index (χ0n) is 14.2. The smallest absolute Gasteiger partial charge is 0.294 e. The third-order valence-electron chi connectivity index (χ3n) is 4.52. The predicted molar refractivity (Wildman–Crippen MR) is 108 cm³/mol. The SMILES string of the molecule is O=C(CN1C(=O)S/C(=C\c2ccc(Cl)s2)C1=O)N1CCc2ccccc2C1. The molecule has 27 heavy (non-hydrogen) atoms. The average molecular weight is 419 g/mol. The summed E-state index contributed by atoms with van der Waals surface area (Å²) in [4.78, 5) is 41.3. The highest BCUT2D eigenvalue weighted by Gasteiger charge is 2.37. The van der Waals surface area contributed by atoms with Gasteiger partial charge in [-0.1, -0.05) is 35.9 Å². The maximum Gasteiger partial charge on any atom is 0.294 e. The van der Waals surface area contributed by atoms with Crippen LogP contribution in [0.4, 0.5) is 4.79 Å². The topological polar surface area (TPSA) is 57.7 Å². The fraction of sp³-hybridized carbons (Fsp3) is 0.211. The number of hydrogen-bond acceptors (Lipinski definition) is 5. The zero-order chi connectivity index (χ0) is 19.0. The number of carbonyl (C=O) groups excluding carboxylic acids is 3. The second kappa shape index (κ2) is 7.50. The van der Waals surface area contributed by atoms with Crippen molar-refractivity contribution in [3.05, 3.63) is 61.6 Å². The summed E-state index contributed by atoms with van der Waals surface area (Å²) in [6, 6.07) is 11.5. The zero-order valence-corrected chi connectivity index (χ0v) is 16.6. The third kappa shape index (κ3) is 3.81. The Labute approximate surface area is 169 Å². The van der Waals surface area contributed by atoms with Crippen molar-refractivity contribution in [2.45, 2.75) is 13.0 Å². The van der Waals surface area contributed by atoms with Gasteiger partial charge in [-0.15, -0.1) is 11.3 Å². The van der Waals surface area contributed by atoms with Gasteiger partial charge >= 0.3 is 0 Å². The number of thiophene rings is 1. The van der Waals surface area contributed by atoms with Crippen molar-refractivity contribution in [3.63, 3.8) is 0 Å². The molecular formula is C19H15ClN2O3S2. The van der Waals surface area contributed by atoms with Crippen LogP contribution in [-0.4, -0.2) is 39.9 Å². The quantitative estimate of drug-likeness (QED) is 0.706. The van der Waals surface area contributed by atoms with Gasteiger partial charge in [0.25, 0.3) is 11.1 Å². The van der Waals surface area contributed by atoms with Gasteiger partial charge < -0.3 is 4.90 Å². The molecule has 0 N–H and O–H groups in total. The Morgan fingerprint density at radius 3 is 2.67 bits per heavy atom. The first-order chi connectivity index (χ1) is 13.0. The first-order valence-corrected chi connectivity index (χ1v) is 10.4. The molecule has 5 nitrogen and oxygen atoms in total. The monoisotopic (exact) mass is 418 g/mol. The van der Waals surface area contributed by atoms with Crippen LogP contribution in [0.15, 0.2) is 41.3 Å². The molecule has 0 bridgehead atoms. The van der Waals surface area contributed by atoms with Gasteiger partial charge in [-0.3, -0.25) is 19.3 Å². The Hall–Kier alpha value is -2.09. The lowest BCUT2D eigenvalue weighted by atomic mass is 10.00. The Morgan fingerprint density at radius 2 is 1.93 bits per heavy atom. The number of thioether (sulfide) groups is 1. The van der Waals surface area contributed by atoms with E-state index in [1.54, 1.807) is 23.1 Å². The number of nitrogens with zero attached hydrogens (tertiary/aromatic N) is 2. The minimum atomic E-state index is -0.430. The van der Waals surface area contributed by atoms with E-state index < -0.39 is 11.1 Å². The highest BCUT2D eigenvalue weighted by atomic mass is 35.5. The Bertz CT molecular complexity index is 969. The van der Waals surface area contributed by atoms with Crippen LogP contribution in [-0.2, 0) is 22.6 Å².